The Kier molecular flexibility index (Phi) is 2.21. The number of hydrogen-bond donors (Lipinski definition) is 2. The Morgan fingerprint density at radius 3 is 2.73 bits per heavy atom. The molecule has 0 amide bonds. The highest BCUT2D eigenvalue weighted by molar-refractivity contribution is 5.43. The van der Waals surface area contributed by atoms with E-state index in [9.17, 15) is 0 Å². The summed E-state index contributed by atoms with van der Waals surface area (Å²) in [4.78, 5) is 0. The van der Waals surface area contributed by atoms with Gasteiger partial charge in [-0.15, -0.1) is 0 Å². The third-order valence-corrected chi connectivity index (χ3v) is 1.24. The van der Waals surface area contributed by atoms with Crippen molar-refractivity contribution in [1.82, 2.24) is 0 Å². The lowest BCUT2D eigenvalue weighted by molar-refractivity contribution is 0.315. The molecule has 11 heavy (non-hydrogen) atoms. The molecule has 0 aliphatic carbocycles. The van der Waals surface area contributed by atoms with E-state index in [1.165, 1.54) is 18.2 Å². The van der Waals surface area contributed by atoms with Gasteiger partial charge in [-0.3, -0.25) is 0 Å². The lowest BCUT2D eigenvalue weighted by Crippen LogP contribution is -1.90. The van der Waals surface area contributed by atoms with Gasteiger partial charge < -0.3 is 14.9 Å². The largest absolute Gasteiger partial charge is 0.508 e. The van der Waals surface area contributed by atoms with Crippen LogP contribution in [0.1, 0.15) is 6.92 Å². The first-order chi connectivity index (χ1) is 5.24. The van der Waals surface area contributed by atoms with Crippen molar-refractivity contribution in [3.63, 3.8) is 0 Å². The predicted octanol–water partition coefficient (Wildman–Crippen LogP) is 1.50. The lowest BCUT2D eigenvalue weighted by Gasteiger charge is -2.04. The molecule has 60 valence electrons. The molecular weight excluding hydrogens is 144 g/mol. The molecule has 0 unspecified atom stereocenters. The maximum absolute atomic E-state index is 9.13. The predicted molar refractivity (Wildman–Crippen MR) is 40.9 cm³/mol. The van der Waals surface area contributed by atoms with Crippen molar-refractivity contribution in [2.45, 2.75) is 6.92 Å². The van der Waals surface area contributed by atoms with E-state index in [0.717, 1.165) is 0 Å². The van der Waals surface area contributed by atoms with Gasteiger partial charge in [-0.25, -0.2) is 0 Å². The normalized spacial score (nSPS) is 9.55. The molecule has 1 aromatic carbocycles. The van der Waals surface area contributed by atoms with Crippen LogP contribution in [0.2, 0.25) is 0 Å². The van der Waals surface area contributed by atoms with E-state index in [2.05, 4.69) is 0 Å². The standard InChI is InChI=1S/C8H10O3/c1-2-11-8-5-6(9)3-4-7(8)10/h3-5,9-10H,2H2,1H3. The SMILES string of the molecule is CCOc1cc(O)ccc1O. The summed E-state index contributed by atoms with van der Waals surface area (Å²) in [6.07, 6.45) is 0. The molecule has 1 rings (SSSR count). The zero-order valence-electron chi connectivity index (χ0n) is 6.24. The zero-order valence-corrected chi connectivity index (χ0v) is 6.24. The number of ether oxygens (including phenoxy) is 1. The summed E-state index contributed by atoms with van der Waals surface area (Å²) in [6.45, 7) is 2.28. The quantitative estimate of drug-likeness (QED) is 0.634. The third kappa shape index (κ3) is 1.77. The first-order valence-corrected chi connectivity index (χ1v) is 3.39. The van der Waals surface area contributed by atoms with Gasteiger partial charge in [-0.05, 0) is 19.1 Å². The Morgan fingerprint density at radius 1 is 1.36 bits per heavy atom. The fourth-order valence-corrected chi connectivity index (χ4v) is 0.774. The van der Waals surface area contributed by atoms with Gasteiger partial charge >= 0.3 is 0 Å². The minimum absolute atomic E-state index is 0.0460. The van der Waals surface area contributed by atoms with Crippen LogP contribution in [0.25, 0.3) is 0 Å². The summed E-state index contributed by atoms with van der Waals surface area (Å²) < 4.78 is 5.01. The zero-order chi connectivity index (χ0) is 8.27. The molecular formula is C8H10O3. The average Bonchev–Trinajstić information content (AvgIpc) is 1.98. The van der Waals surface area contributed by atoms with Crippen LogP contribution in [0, 0.1) is 0 Å². The molecule has 0 aliphatic heterocycles. The molecule has 0 saturated carbocycles. The summed E-state index contributed by atoms with van der Waals surface area (Å²) in [6, 6.07) is 4.16. The van der Waals surface area contributed by atoms with E-state index >= 15 is 0 Å². The molecule has 3 heteroatoms. The van der Waals surface area contributed by atoms with Crippen molar-refractivity contribution in [3.8, 4) is 17.2 Å². The van der Waals surface area contributed by atoms with Crippen LogP contribution in [0.3, 0.4) is 0 Å². The van der Waals surface area contributed by atoms with Gasteiger partial charge in [0.1, 0.15) is 5.75 Å². The van der Waals surface area contributed by atoms with Gasteiger partial charge in [-0.2, -0.15) is 0 Å². The van der Waals surface area contributed by atoms with E-state index in [1.807, 2.05) is 6.92 Å². The Morgan fingerprint density at radius 2 is 2.09 bits per heavy atom. The van der Waals surface area contributed by atoms with Crippen molar-refractivity contribution in [2.24, 2.45) is 0 Å². The van der Waals surface area contributed by atoms with Crippen LogP contribution >= 0.6 is 0 Å². The van der Waals surface area contributed by atoms with Gasteiger partial charge in [0.15, 0.2) is 11.5 Å². The van der Waals surface area contributed by atoms with Crippen LogP contribution < -0.4 is 4.74 Å². The van der Waals surface area contributed by atoms with Gasteiger partial charge in [0.2, 0.25) is 0 Å². The monoisotopic (exact) mass is 154 g/mol. The molecule has 3 nitrogen and oxygen atoms in total. The van der Waals surface area contributed by atoms with E-state index in [4.69, 9.17) is 14.9 Å². The molecule has 0 spiro atoms. The Hall–Kier alpha value is -1.38. The van der Waals surface area contributed by atoms with Crippen LogP contribution in [-0.2, 0) is 0 Å². The van der Waals surface area contributed by atoms with Crippen LogP contribution in [0.4, 0.5) is 0 Å². The summed E-state index contributed by atoms with van der Waals surface area (Å²) in [7, 11) is 0. The molecule has 0 aromatic heterocycles. The van der Waals surface area contributed by atoms with Crippen molar-refractivity contribution in [2.75, 3.05) is 6.61 Å². The fourth-order valence-electron chi connectivity index (χ4n) is 0.774. The second-order valence-electron chi connectivity index (χ2n) is 2.09. The molecule has 0 atom stereocenters. The highest BCUT2D eigenvalue weighted by atomic mass is 16.5. The number of hydrogen-bond acceptors (Lipinski definition) is 3. The molecule has 2 N–H and O–H groups in total. The lowest BCUT2D eigenvalue weighted by atomic mass is 10.3. The minimum atomic E-state index is 0.0460. The van der Waals surface area contributed by atoms with Crippen LogP contribution in [0.5, 0.6) is 17.2 Å². The summed E-state index contributed by atoms with van der Waals surface area (Å²) in [5.41, 5.74) is 0. The van der Waals surface area contributed by atoms with E-state index in [-0.39, 0.29) is 11.5 Å². The van der Waals surface area contributed by atoms with Crippen molar-refractivity contribution in [3.05, 3.63) is 18.2 Å². The number of phenols is 2. The number of benzene rings is 1. The minimum Gasteiger partial charge on any atom is -0.508 e. The highest BCUT2D eigenvalue weighted by Crippen LogP contribution is 2.29. The number of aromatic hydroxyl groups is 2. The maximum atomic E-state index is 9.13. The smallest absolute Gasteiger partial charge is 0.164 e. The average molecular weight is 154 g/mol. The summed E-state index contributed by atoms with van der Waals surface area (Å²) in [5, 5.41) is 18.1. The number of phenolic OH excluding ortho intramolecular Hbond substituents is 2. The second kappa shape index (κ2) is 3.14. The van der Waals surface area contributed by atoms with Crippen molar-refractivity contribution < 1.29 is 14.9 Å². The molecule has 0 saturated heterocycles. The van der Waals surface area contributed by atoms with E-state index in [0.29, 0.717) is 12.4 Å². The molecule has 0 aliphatic rings. The molecule has 1 aromatic rings. The van der Waals surface area contributed by atoms with Crippen molar-refractivity contribution >= 4 is 0 Å². The Bertz CT molecular complexity index is 245. The first-order valence-electron chi connectivity index (χ1n) is 3.39. The van der Waals surface area contributed by atoms with Gasteiger partial charge in [0.05, 0.1) is 6.61 Å². The Balaban J connectivity index is 2.93. The van der Waals surface area contributed by atoms with E-state index in [1.54, 1.807) is 0 Å². The topological polar surface area (TPSA) is 49.7 Å². The molecule has 0 radical (unpaired) electrons. The third-order valence-electron chi connectivity index (χ3n) is 1.24. The molecule has 0 fully saturated rings. The second-order valence-corrected chi connectivity index (χ2v) is 2.09. The maximum Gasteiger partial charge on any atom is 0.164 e. The molecule has 0 heterocycles. The fraction of sp³-hybridized carbons (Fsp3) is 0.250. The van der Waals surface area contributed by atoms with Gasteiger partial charge in [0.25, 0.3) is 0 Å². The van der Waals surface area contributed by atoms with Gasteiger partial charge in [-0.1, -0.05) is 0 Å². The van der Waals surface area contributed by atoms with E-state index < -0.39 is 0 Å². The summed E-state index contributed by atoms with van der Waals surface area (Å²) in [5.74, 6) is 0.448. The van der Waals surface area contributed by atoms with Crippen LogP contribution in [-0.4, -0.2) is 16.8 Å². The van der Waals surface area contributed by atoms with Crippen molar-refractivity contribution in [1.29, 1.82) is 0 Å². The Labute approximate surface area is 64.9 Å². The molecule has 0 bridgehead atoms. The van der Waals surface area contributed by atoms with Crippen LogP contribution in [0.15, 0.2) is 18.2 Å². The number of rotatable bonds is 2. The van der Waals surface area contributed by atoms with Gasteiger partial charge in [0, 0.05) is 6.07 Å². The summed E-state index contributed by atoms with van der Waals surface area (Å²) >= 11 is 0. The first kappa shape index (κ1) is 7.72. The highest BCUT2D eigenvalue weighted by Gasteiger charge is 2.00.